The Balaban J connectivity index is 1.72. The fourth-order valence-corrected chi connectivity index (χ4v) is 3.16. The molecule has 1 aromatic carbocycles. The van der Waals surface area contributed by atoms with Crippen molar-refractivity contribution in [1.82, 2.24) is 28.9 Å². The average Bonchev–Trinajstić information content (AvgIpc) is 3.30. The molecular formula is C20H21N7O3. The lowest BCUT2D eigenvalue weighted by atomic mass is 10.2. The van der Waals surface area contributed by atoms with E-state index in [-0.39, 0.29) is 29.6 Å². The summed E-state index contributed by atoms with van der Waals surface area (Å²) in [5, 5.41) is 11.4. The first kappa shape index (κ1) is 19.4. The highest BCUT2D eigenvalue weighted by molar-refractivity contribution is 5.90. The number of hydrogen-bond acceptors (Lipinski definition) is 6. The van der Waals surface area contributed by atoms with Crippen LogP contribution in [0.2, 0.25) is 0 Å². The molecule has 0 aliphatic heterocycles. The first-order chi connectivity index (χ1) is 14.4. The highest BCUT2D eigenvalue weighted by Gasteiger charge is 2.19. The van der Waals surface area contributed by atoms with Crippen molar-refractivity contribution < 1.29 is 9.53 Å². The number of hydrogen-bond donors (Lipinski definition) is 1. The van der Waals surface area contributed by atoms with E-state index in [1.807, 2.05) is 31.2 Å². The summed E-state index contributed by atoms with van der Waals surface area (Å²) in [6, 6.07) is 8.94. The highest BCUT2D eigenvalue weighted by atomic mass is 16.5. The van der Waals surface area contributed by atoms with Crippen LogP contribution >= 0.6 is 0 Å². The summed E-state index contributed by atoms with van der Waals surface area (Å²) < 4.78 is 9.66. The lowest BCUT2D eigenvalue weighted by molar-refractivity contribution is -0.116. The van der Waals surface area contributed by atoms with Gasteiger partial charge in [0, 0.05) is 30.7 Å². The van der Waals surface area contributed by atoms with Crippen LogP contribution in [0.4, 0.5) is 5.69 Å². The van der Waals surface area contributed by atoms with Crippen molar-refractivity contribution in [2.45, 2.75) is 20.4 Å². The van der Waals surface area contributed by atoms with E-state index in [9.17, 15) is 9.59 Å². The third kappa shape index (κ3) is 3.54. The summed E-state index contributed by atoms with van der Waals surface area (Å²) in [4.78, 5) is 29.6. The predicted octanol–water partition coefficient (Wildman–Crippen LogP) is 1.56. The molecule has 3 heterocycles. The van der Waals surface area contributed by atoms with Gasteiger partial charge in [-0.25, -0.2) is 0 Å². The molecule has 3 aromatic heterocycles. The largest absolute Gasteiger partial charge is 0.479 e. The molecule has 0 aliphatic carbocycles. The van der Waals surface area contributed by atoms with E-state index in [2.05, 4.69) is 20.5 Å². The zero-order valence-electron chi connectivity index (χ0n) is 17.1. The summed E-state index contributed by atoms with van der Waals surface area (Å²) in [6.45, 7) is 3.71. The van der Waals surface area contributed by atoms with E-state index in [0.717, 1.165) is 5.56 Å². The number of benzene rings is 1. The summed E-state index contributed by atoms with van der Waals surface area (Å²) in [7, 11) is 3.25. The Bertz CT molecular complexity index is 1300. The second kappa shape index (κ2) is 7.47. The maximum Gasteiger partial charge on any atom is 0.275 e. The second-order valence-corrected chi connectivity index (χ2v) is 7.00. The van der Waals surface area contributed by atoms with Crippen LogP contribution in [0.15, 0.2) is 41.3 Å². The number of methoxy groups -OCH3 is 1. The molecule has 0 saturated heterocycles. The summed E-state index contributed by atoms with van der Waals surface area (Å²) in [5.74, 6) is 0.660. The molecular weight excluding hydrogens is 386 g/mol. The van der Waals surface area contributed by atoms with Gasteiger partial charge in [-0.05, 0) is 26.0 Å². The van der Waals surface area contributed by atoms with Gasteiger partial charge in [0.2, 0.25) is 17.6 Å². The molecule has 4 rings (SSSR count). The van der Waals surface area contributed by atoms with Crippen LogP contribution < -0.4 is 15.6 Å². The first-order valence-electron chi connectivity index (χ1n) is 9.27. The highest BCUT2D eigenvalue weighted by Crippen LogP contribution is 2.25. The van der Waals surface area contributed by atoms with Gasteiger partial charge in [0.1, 0.15) is 12.1 Å². The zero-order valence-corrected chi connectivity index (χ0v) is 17.1. The molecule has 30 heavy (non-hydrogen) atoms. The van der Waals surface area contributed by atoms with E-state index >= 15 is 0 Å². The van der Waals surface area contributed by atoms with E-state index < -0.39 is 0 Å². The van der Waals surface area contributed by atoms with Crippen molar-refractivity contribution in [2.75, 3.05) is 12.4 Å². The van der Waals surface area contributed by atoms with Gasteiger partial charge in [0.15, 0.2) is 5.82 Å². The molecule has 1 N–H and O–H groups in total. The molecule has 10 nitrogen and oxygen atoms in total. The number of amides is 1. The minimum absolute atomic E-state index is 0.0220. The Morgan fingerprint density at radius 2 is 1.90 bits per heavy atom. The number of anilines is 1. The van der Waals surface area contributed by atoms with Crippen molar-refractivity contribution in [3.8, 4) is 17.3 Å². The molecule has 1 amide bonds. The average molecular weight is 407 g/mol. The van der Waals surface area contributed by atoms with Crippen molar-refractivity contribution in [2.24, 2.45) is 7.05 Å². The first-order valence-corrected chi connectivity index (χ1v) is 9.27. The zero-order chi connectivity index (χ0) is 21.4. The van der Waals surface area contributed by atoms with Crippen LogP contribution in [0.3, 0.4) is 0 Å². The van der Waals surface area contributed by atoms with Gasteiger partial charge in [-0.3, -0.25) is 14.3 Å². The smallest absolute Gasteiger partial charge is 0.275 e. The van der Waals surface area contributed by atoms with Crippen molar-refractivity contribution in [3.05, 3.63) is 58.1 Å². The van der Waals surface area contributed by atoms with E-state index in [1.165, 1.54) is 17.7 Å². The van der Waals surface area contributed by atoms with Crippen LogP contribution in [0.5, 0.6) is 5.88 Å². The number of aromatic nitrogens is 6. The summed E-state index contributed by atoms with van der Waals surface area (Å²) >= 11 is 0. The Labute approximate surface area is 171 Å². The maximum atomic E-state index is 12.6. The number of carbonyl (C=O) groups excluding carboxylic acids is 1. The quantitative estimate of drug-likeness (QED) is 0.538. The van der Waals surface area contributed by atoms with Crippen molar-refractivity contribution in [3.63, 3.8) is 0 Å². The van der Waals surface area contributed by atoms with Crippen LogP contribution in [-0.2, 0) is 18.4 Å². The van der Waals surface area contributed by atoms with E-state index in [1.54, 1.807) is 29.4 Å². The summed E-state index contributed by atoms with van der Waals surface area (Å²) in [6.07, 6.45) is 1.71. The molecule has 4 aromatic rings. The Morgan fingerprint density at radius 3 is 2.60 bits per heavy atom. The lowest BCUT2D eigenvalue weighted by Gasteiger charge is -2.11. The van der Waals surface area contributed by atoms with E-state index in [4.69, 9.17) is 4.74 Å². The third-order valence-electron chi connectivity index (χ3n) is 4.66. The Hall–Kier alpha value is -3.95. The van der Waals surface area contributed by atoms with Crippen LogP contribution in [0.25, 0.3) is 17.2 Å². The number of fused-ring (bicyclic) bond motifs is 1. The van der Waals surface area contributed by atoms with Gasteiger partial charge < -0.3 is 14.6 Å². The van der Waals surface area contributed by atoms with Gasteiger partial charge in [-0.2, -0.15) is 9.50 Å². The Morgan fingerprint density at radius 1 is 1.17 bits per heavy atom. The SMILES string of the molecule is COc1nn(C)cc1-c1nc2n(CC(=O)Nc3ccc(C)cc3)c(C)cc(=O)n2n1. The van der Waals surface area contributed by atoms with Crippen molar-refractivity contribution >= 4 is 17.4 Å². The minimum atomic E-state index is -0.334. The molecule has 0 unspecified atom stereocenters. The molecule has 0 aliphatic rings. The van der Waals surface area contributed by atoms with Crippen molar-refractivity contribution in [1.29, 1.82) is 0 Å². The number of aryl methyl sites for hydroxylation is 3. The third-order valence-corrected chi connectivity index (χ3v) is 4.66. The van der Waals surface area contributed by atoms with Gasteiger partial charge in [0.05, 0.1) is 7.11 Å². The van der Waals surface area contributed by atoms with Crippen LogP contribution in [0.1, 0.15) is 11.3 Å². The number of ether oxygens (including phenoxy) is 1. The molecule has 0 spiro atoms. The Kier molecular flexibility index (Phi) is 4.82. The summed E-state index contributed by atoms with van der Waals surface area (Å²) in [5.41, 5.74) is 2.62. The topological polar surface area (TPSA) is 108 Å². The number of rotatable bonds is 5. The minimum Gasteiger partial charge on any atom is -0.479 e. The lowest BCUT2D eigenvalue weighted by Crippen LogP contribution is -2.25. The second-order valence-electron chi connectivity index (χ2n) is 7.00. The monoisotopic (exact) mass is 407 g/mol. The van der Waals surface area contributed by atoms with Crippen LogP contribution in [0, 0.1) is 13.8 Å². The van der Waals surface area contributed by atoms with E-state index in [0.29, 0.717) is 22.8 Å². The predicted molar refractivity (Wildman–Crippen MR) is 111 cm³/mol. The molecule has 154 valence electrons. The molecule has 0 radical (unpaired) electrons. The normalized spacial score (nSPS) is 11.1. The molecule has 0 saturated carbocycles. The van der Waals surface area contributed by atoms with Crippen LogP contribution in [-0.4, -0.2) is 42.0 Å². The van der Waals surface area contributed by atoms with Gasteiger partial charge in [-0.15, -0.1) is 10.2 Å². The number of nitrogens with zero attached hydrogens (tertiary/aromatic N) is 6. The maximum absolute atomic E-state index is 12.6. The van der Waals surface area contributed by atoms with Gasteiger partial charge in [-0.1, -0.05) is 17.7 Å². The number of nitrogens with one attached hydrogen (secondary N) is 1. The van der Waals surface area contributed by atoms with Gasteiger partial charge >= 0.3 is 0 Å². The molecule has 10 heteroatoms. The van der Waals surface area contributed by atoms with Gasteiger partial charge in [0.25, 0.3) is 5.56 Å². The fraction of sp³-hybridized carbons (Fsp3) is 0.250. The fourth-order valence-electron chi connectivity index (χ4n) is 3.16. The molecule has 0 fully saturated rings. The number of carbonyl (C=O) groups is 1. The molecule has 0 atom stereocenters. The molecule has 0 bridgehead atoms. The standard InChI is InChI=1S/C20H21N7O3/c1-12-5-7-14(8-6-12)21-16(28)11-26-13(2)9-17(29)27-20(26)22-18(23-27)15-10-25(3)24-19(15)30-4/h5-10H,11H2,1-4H3,(H,21,28).